The smallest absolute Gasteiger partial charge is 0.313 e. The highest BCUT2D eigenvalue weighted by molar-refractivity contribution is 6.39. The Balaban J connectivity index is 2.81. The van der Waals surface area contributed by atoms with Crippen LogP contribution in [-0.4, -0.2) is 29.8 Å². The summed E-state index contributed by atoms with van der Waals surface area (Å²) >= 11 is 0. The van der Waals surface area contributed by atoms with E-state index in [0.717, 1.165) is 11.1 Å². The Morgan fingerprint density at radius 3 is 2.33 bits per heavy atom. The summed E-state index contributed by atoms with van der Waals surface area (Å²) in [4.78, 5) is 25.2. The lowest BCUT2D eigenvalue weighted by atomic mass is 10.1. The zero-order valence-electron chi connectivity index (χ0n) is 11.4. The molecular weight excluding hydrogens is 228 g/mol. The first kappa shape index (κ1) is 14.2. The van der Waals surface area contributed by atoms with Crippen molar-refractivity contribution < 1.29 is 9.59 Å². The predicted molar refractivity (Wildman–Crippen MR) is 72.5 cm³/mol. The molecule has 0 heterocycles. The van der Waals surface area contributed by atoms with Crippen LogP contribution in [0.1, 0.15) is 25.0 Å². The Bertz CT molecular complexity index is 451. The fourth-order valence-electron chi connectivity index (χ4n) is 1.70. The molecular formula is C14H20N2O2. The van der Waals surface area contributed by atoms with Crippen molar-refractivity contribution in [3.05, 3.63) is 29.3 Å². The van der Waals surface area contributed by atoms with Crippen LogP contribution in [0.25, 0.3) is 0 Å². The maximum atomic E-state index is 11.8. The van der Waals surface area contributed by atoms with E-state index in [4.69, 9.17) is 0 Å². The lowest BCUT2D eigenvalue weighted by Crippen LogP contribution is -2.39. The maximum Gasteiger partial charge on any atom is 0.313 e. The molecule has 0 saturated heterocycles. The summed E-state index contributed by atoms with van der Waals surface area (Å²) < 4.78 is 0. The van der Waals surface area contributed by atoms with Crippen molar-refractivity contribution in [1.29, 1.82) is 0 Å². The van der Waals surface area contributed by atoms with Crippen molar-refractivity contribution in [1.82, 2.24) is 4.90 Å². The largest absolute Gasteiger partial charge is 0.335 e. The van der Waals surface area contributed by atoms with Gasteiger partial charge in [0.1, 0.15) is 0 Å². The van der Waals surface area contributed by atoms with E-state index in [0.29, 0.717) is 18.8 Å². The lowest BCUT2D eigenvalue weighted by molar-refractivity contribution is -0.142. The van der Waals surface area contributed by atoms with Gasteiger partial charge in [-0.2, -0.15) is 0 Å². The first-order valence-corrected chi connectivity index (χ1v) is 6.17. The molecule has 0 spiro atoms. The van der Waals surface area contributed by atoms with Gasteiger partial charge >= 0.3 is 11.8 Å². The number of rotatable bonds is 3. The molecule has 0 saturated carbocycles. The van der Waals surface area contributed by atoms with Crippen molar-refractivity contribution >= 4 is 17.5 Å². The monoisotopic (exact) mass is 248 g/mol. The number of carbonyl (C=O) groups excluding carboxylic acids is 2. The Morgan fingerprint density at radius 1 is 1.17 bits per heavy atom. The molecule has 0 aliphatic heterocycles. The molecule has 0 aliphatic carbocycles. The van der Waals surface area contributed by atoms with Gasteiger partial charge in [0, 0.05) is 18.8 Å². The molecule has 0 aromatic heterocycles. The van der Waals surface area contributed by atoms with Crippen molar-refractivity contribution in [2.75, 3.05) is 18.4 Å². The van der Waals surface area contributed by atoms with Gasteiger partial charge in [0.25, 0.3) is 0 Å². The van der Waals surface area contributed by atoms with E-state index >= 15 is 0 Å². The number of anilines is 1. The van der Waals surface area contributed by atoms with Gasteiger partial charge in [-0.1, -0.05) is 12.1 Å². The topological polar surface area (TPSA) is 49.4 Å². The second kappa shape index (κ2) is 6.19. The predicted octanol–water partition coefficient (Wildman–Crippen LogP) is 2.11. The van der Waals surface area contributed by atoms with Crippen LogP contribution < -0.4 is 5.32 Å². The fourth-order valence-corrected chi connectivity index (χ4v) is 1.70. The lowest BCUT2D eigenvalue weighted by Gasteiger charge is -2.18. The van der Waals surface area contributed by atoms with E-state index in [1.165, 1.54) is 4.90 Å². The van der Waals surface area contributed by atoms with Gasteiger partial charge in [0.15, 0.2) is 0 Å². The van der Waals surface area contributed by atoms with Gasteiger partial charge in [-0.3, -0.25) is 9.59 Å². The average Bonchev–Trinajstić information content (AvgIpc) is 2.35. The van der Waals surface area contributed by atoms with Crippen LogP contribution in [0.4, 0.5) is 5.69 Å². The van der Waals surface area contributed by atoms with Crippen LogP contribution in [0.5, 0.6) is 0 Å². The summed E-state index contributed by atoms with van der Waals surface area (Å²) in [5.41, 5.74) is 2.69. The first-order valence-electron chi connectivity index (χ1n) is 6.17. The van der Waals surface area contributed by atoms with Crippen LogP contribution in [0.2, 0.25) is 0 Å². The number of hydrogen-bond donors (Lipinski definition) is 1. The van der Waals surface area contributed by atoms with Crippen LogP contribution in [0.15, 0.2) is 18.2 Å². The third-order valence-electron chi connectivity index (χ3n) is 2.89. The first-order chi connectivity index (χ1) is 8.49. The van der Waals surface area contributed by atoms with Gasteiger partial charge in [-0.25, -0.2) is 0 Å². The van der Waals surface area contributed by atoms with Crippen LogP contribution in [-0.2, 0) is 9.59 Å². The van der Waals surface area contributed by atoms with Gasteiger partial charge < -0.3 is 10.2 Å². The summed E-state index contributed by atoms with van der Waals surface area (Å²) in [7, 11) is 0. The van der Waals surface area contributed by atoms with Gasteiger partial charge in [-0.05, 0) is 44.9 Å². The normalized spacial score (nSPS) is 10.0. The zero-order chi connectivity index (χ0) is 13.7. The molecule has 0 atom stereocenters. The van der Waals surface area contributed by atoms with Crippen molar-refractivity contribution in [3.8, 4) is 0 Å². The number of hydrogen-bond acceptors (Lipinski definition) is 2. The maximum absolute atomic E-state index is 11.8. The number of nitrogens with one attached hydrogen (secondary N) is 1. The summed E-state index contributed by atoms with van der Waals surface area (Å²) in [5.74, 6) is -1.06. The number of nitrogens with zero attached hydrogens (tertiary/aromatic N) is 1. The highest BCUT2D eigenvalue weighted by Crippen LogP contribution is 2.16. The quantitative estimate of drug-likeness (QED) is 0.833. The van der Waals surface area contributed by atoms with Crippen LogP contribution >= 0.6 is 0 Å². The highest BCUT2D eigenvalue weighted by atomic mass is 16.2. The van der Waals surface area contributed by atoms with Crippen molar-refractivity contribution in [2.24, 2.45) is 0 Å². The molecule has 0 aliphatic rings. The number of amides is 2. The third-order valence-corrected chi connectivity index (χ3v) is 2.89. The molecule has 18 heavy (non-hydrogen) atoms. The SMILES string of the molecule is CCN(CC)C(=O)C(=O)Nc1cc(C)ccc1C. The van der Waals surface area contributed by atoms with E-state index in [1.807, 2.05) is 45.9 Å². The number of carbonyl (C=O) groups is 2. The average molecular weight is 248 g/mol. The minimum Gasteiger partial charge on any atom is -0.335 e. The summed E-state index contributed by atoms with van der Waals surface area (Å²) in [6.07, 6.45) is 0. The number of likely N-dealkylation sites (N-methyl/N-ethyl adjacent to an activating group) is 1. The molecule has 1 N–H and O–H groups in total. The molecule has 4 nitrogen and oxygen atoms in total. The minimum atomic E-state index is -0.576. The molecule has 0 fully saturated rings. The van der Waals surface area contributed by atoms with Gasteiger partial charge in [0.2, 0.25) is 0 Å². The minimum absolute atomic E-state index is 0.485. The Kier molecular flexibility index (Phi) is 4.89. The Morgan fingerprint density at radius 2 is 1.78 bits per heavy atom. The summed E-state index contributed by atoms with van der Waals surface area (Å²) in [5, 5.41) is 2.67. The summed E-state index contributed by atoms with van der Waals surface area (Å²) in [6, 6.07) is 5.76. The second-order valence-electron chi connectivity index (χ2n) is 4.25. The number of aryl methyl sites for hydroxylation is 2. The van der Waals surface area contributed by atoms with Gasteiger partial charge in [0.05, 0.1) is 0 Å². The number of benzene rings is 1. The van der Waals surface area contributed by atoms with E-state index < -0.39 is 11.8 Å². The van der Waals surface area contributed by atoms with Crippen LogP contribution in [0, 0.1) is 13.8 Å². The van der Waals surface area contributed by atoms with Crippen LogP contribution in [0.3, 0.4) is 0 Å². The fraction of sp³-hybridized carbons (Fsp3) is 0.429. The highest BCUT2D eigenvalue weighted by Gasteiger charge is 2.19. The summed E-state index contributed by atoms with van der Waals surface area (Å²) in [6.45, 7) is 8.63. The molecule has 4 heteroatoms. The van der Waals surface area contributed by atoms with E-state index in [-0.39, 0.29) is 0 Å². The molecule has 0 unspecified atom stereocenters. The Labute approximate surface area is 108 Å². The van der Waals surface area contributed by atoms with Crippen molar-refractivity contribution in [2.45, 2.75) is 27.7 Å². The third kappa shape index (κ3) is 3.32. The van der Waals surface area contributed by atoms with Crippen molar-refractivity contribution in [3.63, 3.8) is 0 Å². The van der Waals surface area contributed by atoms with E-state index in [1.54, 1.807) is 0 Å². The van der Waals surface area contributed by atoms with E-state index in [9.17, 15) is 9.59 Å². The van der Waals surface area contributed by atoms with E-state index in [2.05, 4.69) is 5.32 Å². The molecule has 1 aromatic rings. The zero-order valence-corrected chi connectivity index (χ0v) is 11.4. The molecule has 0 bridgehead atoms. The molecule has 1 rings (SSSR count). The molecule has 1 aromatic carbocycles. The van der Waals surface area contributed by atoms with Gasteiger partial charge in [-0.15, -0.1) is 0 Å². The molecule has 98 valence electrons. The standard InChI is InChI=1S/C14H20N2O2/c1-5-16(6-2)14(18)13(17)15-12-9-10(3)7-8-11(12)4/h7-9H,5-6H2,1-4H3,(H,15,17). The molecule has 2 amide bonds. The molecule has 0 radical (unpaired) electrons. The second-order valence-corrected chi connectivity index (χ2v) is 4.25. The Hall–Kier alpha value is -1.84.